The van der Waals surface area contributed by atoms with Crippen LogP contribution in [0, 0.1) is 0 Å². The number of ether oxygens (including phenoxy) is 1. The van der Waals surface area contributed by atoms with Crippen molar-refractivity contribution in [2.75, 3.05) is 0 Å². The second kappa shape index (κ2) is 5.71. The number of rotatable bonds is 1. The second-order valence-electron chi connectivity index (χ2n) is 7.65. The fraction of sp³-hybridized carbons (Fsp3) is 0. The van der Waals surface area contributed by atoms with Crippen LogP contribution in [0.25, 0.3) is 49.4 Å². The van der Waals surface area contributed by atoms with Crippen molar-refractivity contribution >= 4 is 32.6 Å². The van der Waals surface area contributed by atoms with E-state index in [0.29, 0.717) is 5.88 Å². The summed E-state index contributed by atoms with van der Waals surface area (Å²) in [4.78, 5) is 4.47. The predicted octanol–water partition coefficient (Wildman–Crippen LogP) is 7.10. The van der Waals surface area contributed by atoms with Gasteiger partial charge in [-0.05, 0) is 42.0 Å². The molecule has 1 aliphatic rings. The molecule has 0 saturated heterocycles. The molecule has 4 aromatic carbocycles. The Labute approximate surface area is 172 Å². The van der Waals surface area contributed by atoms with Crippen LogP contribution in [0.5, 0.6) is 11.6 Å². The molecule has 140 valence electrons. The van der Waals surface area contributed by atoms with Gasteiger partial charge in [-0.15, -0.1) is 0 Å². The third-order valence-electron chi connectivity index (χ3n) is 6.04. The van der Waals surface area contributed by atoms with E-state index in [1.165, 1.54) is 32.8 Å². The first kappa shape index (κ1) is 15.8. The monoisotopic (exact) mass is 384 g/mol. The molecule has 0 fully saturated rings. The van der Waals surface area contributed by atoms with Crippen molar-refractivity contribution in [1.82, 2.24) is 9.55 Å². The highest BCUT2D eigenvalue weighted by Gasteiger charge is 2.24. The maximum atomic E-state index is 6.30. The quantitative estimate of drug-likeness (QED) is 0.302. The van der Waals surface area contributed by atoms with Crippen LogP contribution in [-0.4, -0.2) is 9.55 Å². The maximum Gasteiger partial charge on any atom is 0.227 e. The van der Waals surface area contributed by atoms with Crippen LogP contribution in [-0.2, 0) is 0 Å². The molecule has 3 heteroatoms. The predicted molar refractivity (Wildman–Crippen MR) is 122 cm³/mol. The van der Waals surface area contributed by atoms with E-state index in [1.54, 1.807) is 6.20 Å². The van der Waals surface area contributed by atoms with Crippen molar-refractivity contribution in [2.24, 2.45) is 0 Å². The number of hydrogen-bond donors (Lipinski definition) is 0. The Kier molecular flexibility index (Phi) is 3.00. The Bertz CT molecular complexity index is 1610. The zero-order valence-electron chi connectivity index (χ0n) is 16.0. The van der Waals surface area contributed by atoms with Gasteiger partial charge in [0.2, 0.25) is 5.88 Å². The Balaban J connectivity index is 1.74. The zero-order valence-corrected chi connectivity index (χ0v) is 16.0. The number of aromatic nitrogens is 2. The van der Waals surface area contributed by atoms with E-state index in [2.05, 4.69) is 94.5 Å². The lowest BCUT2D eigenvalue weighted by Gasteiger charge is -2.21. The van der Waals surface area contributed by atoms with Gasteiger partial charge < -0.3 is 9.30 Å². The molecule has 0 saturated carbocycles. The minimum absolute atomic E-state index is 0.670. The summed E-state index contributed by atoms with van der Waals surface area (Å²) in [7, 11) is 0. The largest absolute Gasteiger partial charge is 0.438 e. The first-order valence-corrected chi connectivity index (χ1v) is 10.1. The van der Waals surface area contributed by atoms with E-state index >= 15 is 0 Å². The maximum absolute atomic E-state index is 6.30. The number of benzene rings is 4. The molecule has 0 aliphatic carbocycles. The van der Waals surface area contributed by atoms with Crippen LogP contribution < -0.4 is 4.74 Å². The van der Waals surface area contributed by atoms with Gasteiger partial charge in [0.15, 0.2) is 0 Å². The third-order valence-corrected chi connectivity index (χ3v) is 6.04. The highest BCUT2D eigenvalue weighted by Crippen LogP contribution is 2.49. The van der Waals surface area contributed by atoms with Crippen LogP contribution in [0.1, 0.15) is 0 Å². The number of fused-ring (bicyclic) bond motifs is 6. The summed E-state index contributed by atoms with van der Waals surface area (Å²) in [6, 6.07) is 31.9. The zero-order chi connectivity index (χ0) is 19.7. The first-order valence-electron chi connectivity index (χ1n) is 10.1. The molecule has 0 N–H and O–H groups in total. The third kappa shape index (κ3) is 1.96. The van der Waals surface area contributed by atoms with Gasteiger partial charge in [0.05, 0.1) is 11.0 Å². The summed E-state index contributed by atoms with van der Waals surface area (Å²) >= 11 is 0. The lowest BCUT2D eigenvalue weighted by molar-refractivity contribution is 0.468. The molecule has 0 unspecified atom stereocenters. The summed E-state index contributed by atoms with van der Waals surface area (Å²) in [6.07, 6.45) is 1.78. The smallest absolute Gasteiger partial charge is 0.227 e. The average molecular weight is 384 g/mol. The minimum atomic E-state index is 0.670. The van der Waals surface area contributed by atoms with Crippen molar-refractivity contribution in [3.63, 3.8) is 0 Å². The molecule has 2 aromatic heterocycles. The molecular weight excluding hydrogens is 368 g/mol. The molecule has 0 spiro atoms. The number of nitrogens with zero attached hydrogens (tertiary/aromatic N) is 2. The minimum Gasteiger partial charge on any atom is -0.438 e. The van der Waals surface area contributed by atoms with E-state index in [0.717, 1.165) is 22.4 Å². The van der Waals surface area contributed by atoms with Crippen molar-refractivity contribution in [3.05, 3.63) is 97.2 Å². The average Bonchev–Trinajstić information content (AvgIpc) is 3.14. The standard InChI is InChI=1S/C27H16N2O/c1-2-8-17(9-3-1)29-23-14-5-4-10-18(23)22-16-24-25-19(11-6-12-21(25)26(22)29)20-13-7-15-28-27(20)30-24/h1-16H. The fourth-order valence-electron chi connectivity index (χ4n) is 4.83. The number of hydrogen-bond acceptors (Lipinski definition) is 2. The Morgan fingerprint density at radius 1 is 0.667 bits per heavy atom. The molecule has 0 atom stereocenters. The Hall–Kier alpha value is -4.11. The Morgan fingerprint density at radius 2 is 1.47 bits per heavy atom. The van der Waals surface area contributed by atoms with E-state index < -0.39 is 0 Å². The van der Waals surface area contributed by atoms with E-state index in [1.807, 2.05) is 6.07 Å². The van der Waals surface area contributed by atoms with Crippen LogP contribution in [0.4, 0.5) is 0 Å². The lowest BCUT2D eigenvalue weighted by atomic mass is 9.94. The molecule has 1 aliphatic heterocycles. The van der Waals surface area contributed by atoms with Crippen molar-refractivity contribution in [1.29, 1.82) is 0 Å². The topological polar surface area (TPSA) is 27.1 Å². The summed E-state index contributed by atoms with van der Waals surface area (Å²) in [6.45, 7) is 0. The van der Waals surface area contributed by atoms with Crippen molar-refractivity contribution < 1.29 is 4.74 Å². The second-order valence-corrected chi connectivity index (χ2v) is 7.65. The summed E-state index contributed by atoms with van der Waals surface area (Å²) in [5.74, 6) is 1.54. The van der Waals surface area contributed by atoms with Crippen LogP contribution >= 0.6 is 0 Å². The molecule has 30 heavy (non-hydrogen) atoms. The van der Waals surface area contributed by atoms with Crippen LogP contribution in [0.2, 0.25) is 0 Å². The van der Waals surface area contributed by atoms with E-state index in [4.69, 9.17) is 4.74 Å². The van der Waals surface area contributed by atoms with E-state index in [-0.39, 0.29) is 0 Å². The van der Waals surface area contributed by atoms with Gasteiger partial charge in [-0.3, -0.25) is 0 Å². The summed E-state index contributed by atoms with van der Waals surface area (Å²) < 4.78 is 8.67. The summed E-state index contributed by atoms with van der Waals surface area (Å²) in [5.41, 5.74) is 5.76. The van der Waals surface area contributed by atoms with Crippen molar-refractivity contribution in [3.8, 4) is 28.4 Å². The van der Waals surface area contributed by atoms with Gasteiger partial charge in [0.1, 0.15) is 5.75 Å². The summed E-state index contributed by atoms with van der Waals surface area (Å²) in [5, 5.41) is 4.74. The van der Waals surface area contributed by atoms with Crippen LogP contribution in [0.15, 0.2) is 97.2 Å². The Morgan fingerprint density at radius 3 is 2.40 bits per heavy atom. The number of pyridine rings is 1. The molecule has 3 heterocycles. The van der Waals surface area contributed by atoms with Gasteiger partial charge in [-0.2, -0.15) is 0 Å². The highest BCUT2D eigenvalue weighted by molar-refractivity contribution is 6.23. The molecule has 0 amide bonds. The van der Waals surface area contributed by atoms with Gasteiger partial charge in [0, 0.05) is 39.0 Å². The SMILES string of the molecule is c1ccc(-n2c3ccccc3c3cc4c5c(cccc5c32)-c2cccnc2O4)cc1. The van der Waals surface area contributed by atoms with Gasteiger partial charge in [-0.1, -0.05) is 54.6 Å². The van der Waals surface area contributed by atoms with Crippen LogP contribution in [0.3, 0.4) is 0 Å². The van der Waals surface area contributed by atoms with Gasteiger partial charge in [-0.25, -0.2) is 4.98 Å². The molecule has 6 aromatic rings. The highest BCUT2D eigenvalue weighted by atomic mass is 16.5. The van der Waals surface area contributed by atoms with Gasteiger partial charge >= 0.3 is 0 Å². The lowest BCUT2D eigenvalue weighted by Crippen LogP contribution is -2.00. The van der Waals surface area contributed by atoms with E-state index in [9.17, 15) is 0 Å². The normalized spacial score (nSPS) is 12.3. The number of para-hydroxylation sites is 2. The van der Waals surface area contributed by atoms with Crippen molar-refractivity contribution in [2.45, 2.75) is 0 Å². The van der Waals surface area contributed by atoms with Gasteiger partial charge in [0.25, 0.3) is 0 Å². The molecule has 7 rings (SSSR count). The molecular formula is C27H16N2O. The first-order chi connectivity index (χ1) is 14.9. The molecule has 0 radical (unpaired) electrons. The molecule has 3 nitrogen and oxygen atoms in total. The fourth-order valence-corrected chi connectivity index (χ4v) is 4.83. The molecule has 0 bridgehead atoms.